The molecule has 2 aliphatic rings. The number of hydrogen-bond donors (Lipinski definition) is 0. The molecule has 0 unspecified atom stereocenters. The van der Waals surface area contributed by atoms with Crippen LogP contribution < -0.4 is 4.90 Å². The summed E-state index contributed by atoms with van der Waals surface area (Å²) in [5.41, 5.74) is 9.04. The molecule has 0 atom stereocenters. The number of aliphatic imine (C=N–C) groups is 1. The highest BCUT2D eigenvalue weighted by atomic mass is 127. The van der Waals surface area contributed by atoms with Crippen LogP contribution in [0.4, 0.5) is 17.1 Å². The minimum absolute atomic E-state index is 0.854. The largest absolute Gasteiger partial charge is 0.452 e. The van der Waals surface area contributed by atoms with E-state index in [9.17, 15) is 0 Å². The minimum atomic E-state index is -0.854. The van der Waals surface area contributed by atoms with Crippen LogP contribution in [0.15, 0.2) is 155 Å². The summed E-state index contributed by atoms with van der Waals surface area (Å²) in [6.07, 6.45) is 0. The van der Waals surface area contributed by atoms with Crippen molar-refractivity contribution in [2.45, 2.75) is 0 Å². The number of amidine groups is 1. The highest BCUT2D eigenvalue weighted by Crippen LogP contribution is 2.53. The second kappa shape index (κ2) is 9.50. The fourth-order valence-electron chi connectivity index (χ4n) is 7.66. The van der Waals surface area contributed by atoms with E-state index in [1.165, 1.54) is 69.5 Å². The van der Waals surface area contributed by atoms with E-state index >= 15 is 0 Å². The fourth-order valence-corrected chi connectivity index (χ4v) is 10.6. The van der Waals surface area contributed by atoms with E-state index in [0.29, 0.717) is 0 Å². The number of aromatic nitrogens is 1. The smallest absolute Gasteiger partial charge is 0.183 e. The lowest BCUT2D eigenvalue weighted by Gasteiger charge is -2.34. The third kappa shape index (κ3) is 3.47. The number of rotatable bonds is 1. The van der Waals surface area contributed by atoms with Crippen LogP contribution in [0.3, 0.4) is 0 Å². The van der Waals surface area contributed by atoms with E-state index in [2.05, 4.69) is 149 Å². The number of hydrogen-bond acceptors (Lipinski definition) is 3. The first kappa shape index (κ1) is 25.6. The Morgan fingerprint density at radius 2 is 1.19 bits per heavy atom. The zero-order chi connectivity index (χ0) is 30.6. The summed E-state index contributed by atoms with van der Waals surface area (Å²) in [5.74, 6) is 0.878. The zero-order valence-electron chi connectivity index (χ0n) is 25.0. The van der Waals surface area contributed by atoms with Crippen molar-refractivity contribution in [3.05, 3.63) is 151 Å². The van der Waals surface area contributed by atoms with Gasteiger partial charge in [0, 0.05) is 27.1 Å². The highest BCUT2D eigenvalue weighted by Gasteiger charge is 2.33. The molecule has 0 spiro atoms. The molecular weight excluding hydrogens is 689 g/mol. The molecule has 0 bridgehead atoms. The molecular formula is C42H24IN3O. The van der Waals surface area contributed by atoms with Gasteiger partial charge in [0.2, 0.25) is 0 Å². The number of furan rings is 1. The predicted octanol–water partition coefficient (Wildman–Crippen LogP) is 11.7. The number of fused-ring (bicyclic) bond motifs is 10. The number of anilines is 2. The molecule has 4 heterocycles. The van der Waals surface area contributed by atoms with Crippen LogP contribution in [-0.2, 0) is 0 Å². The molecule has 5 heteroatoms. The Balaban J connectivity index is 1.28. The van der Waals surface area contributed by atoms with E-state index in [4.69, 9.17) is 9.41 Å². The van der Waals surface area contributed by atoms with Crippen molar-refractivity contribution in [3.8, 4) is 11.1 Å². The van der Waals surface area contributed by atoms with Crippen molar-refractivity contribution >= 4 is 99.6 Å². The van der Waals surface area contributed by atoms with Gasteiger partial charge >= 0.3 is 0 Å². The molecule has 0 fully saturated rings. The second-order valence-electron chi connectivity index (χ2n) is 12.1. The Morgan fingerprint density at radius 1 is 0.532 bits per heavy atom. The van der Waals surface area contributed by atoms with Crippen molar-refractivity contribution in [1.82, 2.24) is 4.57 Å². The summed E-state index contributed by atoms with van der Waals surface area (Å²) in [5, 5.41) is 8.53. The Hall–Kier alpha value is -5.53. The molecule has 0 aliphatic carbocycles. The Morgan fingerprint density at radius 3 is 2.00 bits per heavy atom. The molecule has 0 radical (unpaired) electrons. The number of nitrogens with zero attached hydrogens (tertiary/aromatic N) is 3. The Labute approximate surface area is 279 Å². The molecule has 0 N–H and O–H groups in total. The molecule has 11 rings (SSSR count). The van der Waals surface area contributed by atoms with E-state index in [0.717, 1.165) is 26.3 Å². The summed E-state index contributed by atoms with van der Waals surface area (Å²) in [6, 6.07) is 52.4. The van der Waals surface area contributed by atoms with Crippen molar-refractivity contribution in [2.24, 2.45) is 4.99 Å². The van der Waals surface area contributed by atoms with Crippen LogP contribution in [0.1, 0.15) is 5.76 Å². The third-order valence-corrected chi connectivity index (χ3v) is 12.3. The fraction of sp³-hybridized carbons (Fsp3) is 0. The molecule has 7 aromatic carbocycles. The van der Waals surface area contributed by atoms with Crippen LogP contribution >= 0.6 is 20.7 Å². The highest BCUT2D eigenvalue weighted by molar-refractivity contribution is 14.2. The molecule has 2 aliphatic heterocycles. The molecule has 9 aromatic rings. The van der Waals surface area contributed by atoms with E-state index in [1.54, 1.807) is 0 Å². The zero-order valence-corrected chi connectivity index (χ0v) is 27.1. The molecule has 47 heavy (non-hydrogen) atoms. The molecule has 2 aromatic heterocycles. The number of para-hydroxylation sites is 3. The third-order valence-electron chi connectivity index (χ3n) is 9.64. The van der Waals surface area contributed by atoms with Gasteiger partial charge in [-0.05, 0) is 78.9 Å². The summed E-state index contributed by atoms with van der Waals surface area (Å²) in [4.78, 5) is 8.04. The van der Waals surface area contributed by atoms with Gasteiger partial charge < -0.3 is 8.98 Å². The second-order valence-corrected chi connectivity index (χ2v) is 14.6. The van der Waals surface area contributed by atoms with E-state index < -0.39 is 20.7 Å². The quantitative estimate of drug-likeness (QED) is 0.125. The van der Waals surface area contributed by atoms with Gasteiger partial charge in [-0.15, -0.1) is 0 Å². The van der Waals surface area contributed by atoms with Gasteiger partial charge in [-0.3, -0.25) is 4.90 Å². The minimum Gasteiger partial charge on any atom is -0.452 e. The van der Waals surface area contributed by atoms with Crippen LogP contribution in [0.5, 0.6) is 0 Å². The summed E-state index contributed by atoms with van der Waals surface area (Å²) >= 11 is -0.854. The summed E-state index contributed by atoms with van der Waals surface area (Å²) in [7, 11) is 0. The number of halogens is 1. The van der Waals surface area contributed by atoms with Gasteiger partial charge in [-0.1, -0.05) is 109 Å². The van der Waals surface area contributed by atoms with Crippen molar-refractivity contribution < 1.29 is 4.42 Å². The van der Waals surface area contributed by atoms with Crippen LogP contribution in [0, 0.1) is 0 Å². The summed E-state index contributed by atoms with van der Waals surface area (Å²) < 4.78 is 11.5. The van der Waals surface area contributed by atoms with Gasteiger partial charge in [0.25, 0.3) is 0 Å². The van der Waals surface area contributed by atoms with Crippen molar-refractivity contribution in [1.29, 1.82) is 0 Å². The predicted molar refractivity (Wildman–Crippen MR) is 205 cm³/mol. The standard InChI is InChI=1S/C42H24IN3O/c1-2-14-27-25(11-1)23-24-35-38(27)31-18-9-12-26-13-10-21-34(37(26)31)46(35)42-43-41(40-39(44-42)30-17-5-8-22-36(30)47-40)45-32-19-6-3-15-28(32)29-16-4-7-20-33(29)45/h1-24H. The van der Waals surface area contributed by atoms with Gasteiger partial charge in [-0.2, -0.15) is 0 Å². The normalized spacial score (nSPS) is 13.9. The van der Waals surface area contributed by atoms with Crippen molar-refractivity contribution in [3.63, 3.8) is 0 Å². The molecule has 0 saturated heterocycles. The maximum atomic E-state index is 6.75. The average Bonchev–Trinajstić information content (AvgIpc) is 3.67. The lowest BCUT2D eigenvalue weighted by Crippen LogP contribution is -2.27. The maximum Gasteiger partial charge on any atom is 0.183 e. The van der Waals surface area contributed by atoms with Crippen molar-refractivity contribution in [2.75, 3.05) is 4.90 Å². The lowest BCUT2D eigenvalue weighted by atomic mass is 9.88. The first-order valence-electron chi connectivity index (χ1n) is 15.8. The maximum absolute atomic E-state index is 6.75. The first-order chi connectivity index (χ1) is 23.3. The monoisotopic (exact) mass is 713 g/mol. The number of benzene rings is 7. The molecule has 0 amide bonds. The van der Waals surface area contributed by atoms with Crippen LogP contribution in [-0.4, -0.2) is 12.0 Å². The van der Waals surface area contributed by atoms with Gasteiger partial charge in [0.1, 0.15) is 14.9 Å². The van der Waals surface area contributed by atoms with Crippen LogP contribution in [0.2, 0.25) is 0 Å². The molecule has 4 nitrogen and oxygen atoms in total. The average molecular weight is 714 g/mol. The van der Waals surface area contributed by atoms with Gasteiger partial charge in [0.15, 0.2) is 9.60 Å². The SMILES string of the molecule is c1ccc2c3c(ccc2c1)N(C1=Nc2c(oc4ccccc24)C(n2c4ccccc4c4ccccc42)=I1)c1cccc2cccc-3c12. The van der Waals surface area contributed by atoms with E-state index in [-0.39, 0.29) is 0 Å². The lowest BCUT2D eigenvalue weighted by molar-refractivity contribution is 0.605. The van der Waals surface area contributed by atoms with Gasteiger partial charge in [-0.25, -0.2) is 4.99 Å². The Kier molecular flexibility index (Phi) is 5.18. The van der Waals surface area contributed by atoms with Crippen LogP contribution in [0.25, 0.3) is 65.4 Å². The molecule has 0 saturated carbocycles. The Bertz CT molecular complexity index is 2810. The van der Waals surface area contributed by atoms with E-state index in [1.807, 2.05) is 6.07 Å². The first-order valence-corrected chi connectivity index (χ1v) is 17.9. The van der Waals surface area contributed by atoms with Gasteiger partial charge in [0.05, 0.1) is 22.4 Å². The summed E-state index contributed by atoms with van der Waals surface area (Å²) in [6.45, 7) is 0. The molecule has 220 valence electrons. The topological polar surface area (TPSA) is 33.7 Å².